The van der Waals surface area contributed by atoms with E-state index < -0.39 is 11.9 Å². The fourth-order valence-electron chi connectivity index (χ4n) is 2.83. The maximum absolute atomic E-state index is 12.4. The predicted molar refractivity (Wildman–Crippen MR) is 126 cm³/mol. The number of nitrogens with one attached hydrogen (secondary N) is 1. The van der Waals surface area contributed by atoms with Gasteiger partial charge in [-0.1, -0.05) is 60.7 Å². The third kappa shape index (κ3) is 6.80. The molecule has 33 heavy (non-hydrogen) atoms. The van der Waals surface area contributed by atoms with Gasteiger partial charge in [-0.15, -0.1) is 0 Å². The number of aliphatic hydroxyl groups excluding tert-OH is 1. The van der Waals surface area contributed by atoms with Crippen molar-refractivity contribution in [3.63, 3.8) is 0 Å². The van der Waals surface area contributed by atoms with Gasteiger partial charge in [0.05, 0.1) is 12.8 Å². The van der Waals surface area contributed by atoms with Crippen molar-refractivity contribution in [2.45, 2.75) is 13.5 Å². The number of esters is 1. The summed E-state index contributed by atoms with van der Waals surface area (Å²) in [5.41, 5.74) is 3.99. The maximum atomic E-state index is 12.4. The van der Waals surface area contributed by atoms with Gasteiger partial charge in [-0.3, -0.25) is 4.79 Å². The summed E-state index contributed by atoms with van der Waals surface area (Å²) in [4.78, 5) is 24.6. The number of rotatable bonds is 9. The van der Waals surface area contributed by atoms with E-state index in [0.717, 1.165) is 11.8 Å². The molecule has 0 fully saturated rings. The first-order valence-electron chi connectivity index (χ1n) is 10.3. The molecule has 0 aliphatic heterocycles. The van der Waals surface area contributed by atoms with E-state index in [4.69, 9.17) is 9.47 Å². The summed E-state index contributed by atoms with van der Waals surface area (Å²) in [5, 5.41) is 14.3. The molecule has 3 aromatic rings. The van der Waals surface area contributed by atoms with Gasteiger partial charge in [-0.2, -0.15) is 5.10 Å². The van der Waals surface area contributed by atoms with E-state index in [9.17, 15) is 14.7 Å². The van der Waals surface area contributed by atoms with Crippen molar-refractivity contribution in [2.24, 2.45) is 5.10 Å². The minimum atomic E-state index is -0.753. The molecule has 0 saturated heterocycles. The van der Waals surface area contributed by atoms with Crippen molar-refractivity contribution in [1.29, 1.82) is 0 Å². The highest BCUT2D eigenvalue weighted by Gasteiger charge is 2.16. The number of hydrazone groups is 1. The third-order valence-electron chi connectivity index (χ3n) is 4.52. The van der Waals surface area contributed by atoms with Gasteiger partial charge in [0.1, 0.15) is 23.7 Å². The second-order valence-electron chi connectivity index (χ2n) is 6.85. The summed E-state index contributed by atoms with van der Waals surface area (Å²) in [6.07, 6.45) is 1.07. The van der Waals surface area contributed by atoms with Crippen LogP contribution in [0.3, 0.4) is 0 Å². The lowest BCUT2D eigenvalue weighted by atomic mass is 10.1. The Hall–Kier alpha value is -4.39. The zero-order valence-corrected chi connectivity index (χ0v) is 18.1. The Kier molecular flexibility index (Phi) is 8.36. The maximum Gasteiger partial charge on any atom is 0.343 e. The molecule has 3 aromatic carbocycles. The van der Waals surface area contributed by atoms with Crippen LogP contribution >= 0.6 is 0 Å². The van der Waals surface area contributed by atoms with Crippen LogP contribution in [0, 0.1) is 0 Å². The van der Waals surface area contributed by atoms with Gasteiger partial charge >= 0.3 is 5.97 Å². The van der Waals surface area contributed by atoms with Crippen LogP contribution in [0.1, 0.15) is 28.4 Å². The molecular formula is C26H24N2O5. The molecule has 168 valence electrons. The molecule has 0 heterocycles. The van der Waals surface area contributed by atoms with E-state index in [0.29, 0.717) is 23.5 Å². The zero-order valence-electron chi connectivity index (χ0n) is 18.1. The van der Waals surface area contributed by atoms with Crippen LogP contribution in [0.5, 0.6) is 5.75 Å². The molecule has 0 radical (unpaired) electrons. The quantitative estimate of drug-likeness (QED) is 0.166. The molecular weight excluding hydrogens is 420 g/mol. The highest BCUT2D eigenvalue weighted by atomic mass is 16.5. The molecule has 0 aromatic heterocycles. The summed E-state index contributed by atoms with van der Waals surface area (Å²) in [6.45, 7) is 2.20. The Morgan fingerprint density at radius 3 is 2.18 bits per heavy atom. The number of aliphatic hydroxyl groups is 1. The van der Waals surface area contributed by atoms with Gasteiger partial charge in [-0.25, -0.2) is 10.2 Å². The molecule has 0 unspecified atom stereocenters. The summed E-state index contributed by atoms with van der Waals surface area (Å²) in [7, 11) is 0. The number of hydrogen-bond donors (Lipinski definition) is 2. The Morgan fingerprint density at radius 1 is 0.909 bits per heavy atom. The molecule has 2 N–H and O–H groups in total. The van der Waals surface area contributed by atoms with Crippen molar-refractivity contribution >= 4 is 23.9 Å². The fraction of sp³-hybridized carbons (Fsp3) is 0.115. The van der Waals surface area contributed by atoms with Crippen molar-refractivity contribution in [3.8, 4) is 5.75 Å². The zero-order chi connectivity index (χ0) is 23.5. The number of amides is 1. The number of carbonyl (C=O) groups excluding carboxylic acids is 2. The van der Waals surface area contributed by atoms with E-state index in [1.165, 1.54) is 0 Å². The lowest BCUT2D eigenvalue weighted by Gasteiger charge is -2.08. The van der Waals surface area contributed by atoms with Crippen LogP contribution in [0.2, 0.25) is 0 Å². The first-order chi connectivity index (χ1) is 16.1. The van der Waals surface area contributed by atoms with Crippen LogP contribution in [-0.4, -0.2) is 29.8 Å². The molecule has 7 heteroatoms. The van der Waals surface area contributed by atoms with Gasteiger partial charge in [0.15, 0.2) is 0 Å². The number of carbonyl (C=O) groups is 2. The monoisotopic (exact) mass is 444 g/mol. The lowest BCUT2D eigenvalue weighted by molar-refractivity contribution is -0.137. The number of hydrogen-bond acceptors (Lipinski definition) is 6. The van der Waals surface area contributed by atoms with Crippen molar-refractivity contribution in [1.82, 2.24) is 5.43 Å². The van der Waals surface area contributed by atoms with Crippen molar-refractivity contribution in [2.75, 3.05) is 6.61 Å². The molecule has 0 spiro atoms. The SMILES string of the molecule is CCOC(=O)C(C=NNC(=O)c1ccc(OCc2ccccc2)cc1)=C(O)c1ccccc1. The van der Waals surface area contributed by atoms with E-state index in [1.54, 1.807) is 61.5 Å². The smallest absolute Gasteiger partial charge is 0.343 e. The predicted octanol–water partition coefficient (Wildman–Crippen LogP) is 4.51. The second-order valence-corrected chi connectivity index (χ2v) is 6.85. The molecule has 0 bridgehead atoms. The van der Waals surface area contributed by atoms with Gasteiger partial charge in [0.2, 0.25) is 0 Å². The largest absolute Gasteiger partial charge is 0.506 e. The Bertz CT molecular complexity index is 1120. The van der Waals surface area contributed by atoms with E-state index in [1.807, 2.05) is 30.3 Å². The Morgan fingerprint density at radius 2 is 1.55 bits per heavy atom. The molecule has 0 aliphatic carbocycles. The minimum absolute atomic E-state index is 0.128. The van der Waals surface area contributed by atoms with Crippen molar-refractivity contribution in [3.05, 3.63) is 107 Å². The minimum Gasteiger partial charge on any atom is -0.506 e. The van der Waals surface area contributed by atoms with Crippen LogP contribution in [0.25, 0.3) is 5.76 Å². The fourth-order valence-corrected chi connectivity index (χ4v) is 2.83. The van der Waals surface area contributed by atoms with Crippen LogP contribution in [-0.2, 0) is 16.1 Å². The van der Waals surface area contributed by atoms with E-state index in [-0.39, 0.29) is 17.9 Å². The average molecular weight is 444 g/mol. The Labute approximate surface area is 192 Å². The topological polar surface area (TPSA) is 97.2 Å². The van der Waals surface area contributed by atoms with Crippen LogP contribution < -0.4 is 10.2 Å². The molecule has 0 saturated carbocycles. The van der Waals surface area contributed by atoms with Crippen molar-refractivity contribution < 1.29 is 24.2 Å². The summed E-state index contributed by atoms with van der Waals surface area (Å²) >= 11 is 0. The second kappa shape index (κ2) is 11.9. The van der Waals surface area contributed by atoms with Crippen LogP contribution in [0.4, 0.5) is 0 Å². The van der Waals surface area contributed by atoms with Crippen LogP contribution in [0.15, 0.2) is 95.6 Å². The molecule has 3 rings (SSSR count). The summed E-state index contributed by atoms with van der Waals surface area (Å²) < 4.78 is 10.7. The van der Waals surface area contributed by atoms with Gasteiger partial charge < -0.3 is 14.6 Å². The van der Waals surface area contributed by atoms with Gasteiger partial charge in [0, 0.05) is 11.1 Å². The van der Waals surface area contributed by atoms with E-state index >= 15 is 0 Å². The standard InChI is InChI=1S/C26H24N2O5/c1-2-32-26(31)23(24(29)20-11-7-4-8-12-20)17-27-28-25(30)21-13-15-22(16-14-21)33-18-19-9-5-3-6-10-19/h3-17,29H,2,18H2,1H3,(H,28,30). The normalized spacial score (nSPS) is 11.5. The highest BCUT2D eigenvalue weighted by Crippen LogP contribution is 2.16. The molecule has 0 aliphatic rings. The first-order valence-corrected chi connectivity index (χ1v) is 10.3. The number of ether oxygens (including phenoxy) is 2. The number of benzene rings is 3. The third-order valence-corrected chi connectivity index (χ3v) is 4.52. The lowest BCUT2D eigenvalue weighted by Crippen LogP contribution is -2.19. The Balaban J connectivity index is 1.64. The first kappa shape index (κ1) is 23.3. The molecule has 7 nitrogen and oxygen atoms in total. The highest BCUT2D eigenvalue weighted by molar-refractivity contribution is 6.15. The molecule has 1 amide bonds. The van der Waals surface area contributed by atoms with Gasteiger partial charge in [-0.05, 0) is 36.8 Å². The van der Waals surface area contributed by atoms with Gasteiger partial charge in [0.25, 0.3) is 5.91 Å². The van der Waals surface area contributed by atoms with E-state index in [2.05, 4.69) is 10.5 Å². The molecule has 0 atom stereocenters. The number of nitrogens with zero attached hydrogens (tertiary/aromatic N) is 1. The average Bonchev–Trinajstić information content (AvgIpc) is 2.86. The summed E-state index contributed by atoms with van der Waals surface area (Å²) in [5.74, 6) is -0.911. The summed E-state index contributed by atoms with van der Waals surface area (Å²) in [6, 6.07) is 24.8.